The van der Waals surface area contributed by atoms with E-state index in [-0.39, 0.29) is 5.82 Å². The molecule has 8 nitrogen and oxygen atoms in total. The van der Waals surface area contributed by atoms with Gasteiger partial charge in [-0.2, -0.15) is 4.68 Å². The zero-order chi connectivity index (χ0) is 14.7. The number of tetrazole rings is 1. The molecule has 0 unspecified atom stereocenters. The minimum atomic E-state index is 0.272. The van der Waals surface area contributed by atoms with Crippen LogP contribution in [0.3, 0.4) is 0 Å². The summed E-state index contributed by atoms with van der Waals surface area (Å²) in [5, 5.41) is 12.8. The van der Waals surface area contributed by atoms with Crippen molar-refractivity contribution in [1.29, 1.82) is 0 Å². The molecule has 0 aliphatic heterocycles. The van der Waals surface area contributed by atoms with Crippen LogP contribution in [0.4, 0.5) is 5.82 Å². The first kappa shape index (κ1) is 13.3. The van der Waals surface area contributed by atoms with E-state index in [1.165, 1.54) is 25.2 Å². The molecule has 0 aliphatic carbocycles. The van der Waals surface area contributed by atoms with E-state index in [0.717, 1.165) is 5.69 Å². The second-order valence-corrected chi connectivity index (χ2v) is 4.86. The number of para-hydroxylation sites is 1. The molecule has 106 valence electrons. The Hall–Kier alpha value is -2.68. The summed E-state index contributed by atoms with van der Waals surface area (Å²) in [7, 11) is 1.51. The number of nitrogens with zero attached hydrogens (tertiary/aromatic N) is 6. The molecule has 0 saturated carbocycles. The monoisotopic (exact) mass is 301 g/mol. The summed E-state index contributed by atoms with van der Waals surface area (Å²) in [6.07, 6.45) is 1.37. The highest BCUT2D eigenvalue weighted by Gasteiger charge is 2.16. The molecule has 2 aromatic heterocycles. The normalized spacial score (nSPS) is 10.5. The fourth-order valence-electron chi connectivity index (χ4n) is 1.70. The molecular formula is C12H11N7OS. The molecule has 2 N–H and O–H groups in total. The minimum absolute atomic E-state index is 0.272. The number of ether oxygens (including phenoxy) is 1. The van der Waals surface area contributed by atoms with E-state index in [2.05, 4.69) is 25.5 Å². The number of nitrogen functional groups attached to an aromatic ring is 1. The van der Waals surface area contributed by atoms with Gasteiger partial charge in [-0.3, -0.25) is 0 Å². The lowest BCUT2D eigenvalue weighted by molar-refractivity contribution is 0.401. The summed E-state index contributed by atoms with van der Waals surface area (Å²) >= 11 is 1.25. The molecule has 9 heteroatoms. The second-order valence-electron chi connectivity index (χ2n) is 3.91. The third-order valence-corrected chi connectivity index (χ3v) is 3.55. The zero-order valence-corrected chi connectivity index (χ0v) is 11.9. The lowest BCUT2D eigenvalue weighted by Crippen LogP contribution is -2.01. The molecule has 3 rings (SSSR count). The van der Waals surface area contributed by atoms with Crippen LogP contribution in [0, 0.1) is 0 Å². The molecule has 0 spiro atoms. The van der Waals surface area contributed by atoms with Crippen LogP contribution in [0.15, 0.2) is 46.8 Å². The van der Waals surface area contributed by atoms with Gasteiger partial charge in [0.2, 0.25) is 5.16 Å². The van der Waals surface area contributed by atoms with Crippen LogP contribution >= 0.6 is 11.8 Å². The lowest BCUT2D eigenvalue weighted by atomic mass is 10.3. The quantitative estimate of drug-likeness (QED) is 0.717. The molecule has 1 aromatic carbocycles. The first-order valence-electron chi connectivity index (χ1n) is 5.95. The summed E-state index contributed by atoms with van der Waals surface area (Å²) in [5.41, 5.74) is 6.61. The smallest absolute Gasteiger partial charge is 0.220 e. The number of methoxy groups -OCH3 is 1. The van der Waals surface area contributed by atoms with Crippen molar-refractivity contribution >= 4 is 17.6 Å². The molecule has 0 radical (unpaired) electrons. The van der Waals surface area contributed by atoms with E-state index in [1.807, 2.05) is 30.3 Å². The molecule has 0 fully saturated rings. The van der Waals surface area contributed by atoms with Crippen molar-refractivity contribution in [1.82, 2.24) is 30.2 Å². The van der Waals surface area contributed by atoms with Crippen LogP contribution in [0.5, 0.6) is 5.75 Å². The van der Waals surface area contributed by atoms with Gasteiger partial charge in [-0.05, 0) is 34.3 Å². The maximum atomic E-state index is 5.76. The molecule has 0 atom stereocenters. The fraction of sp³-hybridized carbons (Fsp3) is 0.0833. The zero-order valence-electron chi connectivity index (χ0n) is 11.0. The van der Waals surface area contributed by atoms with Crippen molar-refractivity contribution in [2.24, 2.45) is 0 Å². The molecule has 3 aromatic rings. The minimum Gasteiger partial charge on any atom is -0.490 e. The summed E-state index contributed by atoms with van der Waals surface area (Å²) in [6.45, 7) is 0. The number of benzene rings is 1. The van der Waals surface area contributed by atoms with Gasteiger partial charge in [-0.1, -0.05) is 18.2 Å². The highest BCUT2D eigenvalue weighted by molar-refractivity contribution is 7.99. The molecule has 0 aliphatic rings. The maximum Gasteiger partial charge on any atom is 0.220 e. The van der Waals surface area contributed by atoms with E-state index >= 15 is 0 Å². The van der Waals surface area contributed by atoms with Gasteiger partial charge in [-0.25, -0.2) is 9.97 Å². The van der Waals surface area contributed by atoms with Crippen molar-refractivity contribution in [3.8, 4) is 11.4 Å². The lowest BCUT2D eigenvalue weighted by Gasteiger charge is -2.08. The van der Waals surface area contributed by atoms with Crippen molar-refractivity contribution < 1.29 is 4.74 Å². The van der Waals surface area contributed by atoms with Crippen LogP contribution in [0.1, 0.15) is 0 Å². The molecular weight excluding hydrogens is 290 g/mol. The predicted molar refractivity (Wildman–Crippen MR) is 76.3 cm³/mol. The van der Waals surface area contributed by atoms with Crippen molar-refractivity contribution in [3.63, 3.8) is 0 Å². The molecule has 0 bridgehead atoms. The van der Waals surface area contributed by atoms with Crippen LogP contribution in [0.25, 0.3) is 5.69 Å². The SMILES string of the molecule is COc1c(N)ncnc1Sc1nnnn1-c1ccccc1. The highest BCUT2D eigenvalue weighted by atomic mass is 32.2. The summed E-state index contributed by atoms with van der Waals surface area (Å²) in [5.74, 6) is 0.679. The Kier molecular flexibility index (Phi) is 3.65. The topological polar surface area (TPSA) is 105 Å². The van der Waals surface area contributed by atoms with E-state index in [9.17, 15) is 0 Å². The molecule has 0 saturated heterocycles. The summed E-state index contributed by atoms with van der Waals surface area (Å²) in [4.78, 5) is 8.05. The first-order chi connectivity index (χ1) is 10.3. The average Bonchev–Trinajstić information content (AvgIpc) is 2.97. The standard InChI is InChI=1S/C12H11N7OS/c1-20-9-10(13)14-7-15-11(9)21-12-16-17-18-19(12)8-5-3-2-4-6-8/h2-7H,1H3,(H2,13,14,15). The van der Waals surface area contributed by atoms with Gasteiger partial charge in [0.15, 0.2) is 16.6 Å². The highest BCUT2D eigenvalue weighted by Crippen LogP contribution is 2.34. The maximum absolute atomic E-state index is 5.76. The average molecular weight is 301 g/mol. The summed E-state index contributed by atoms with van der Waals surface area (Å²) < 4.78 is 6.84. The third kappa shape index (κ3) is 2.63. The van der Waals surface area contributed by atoms with Crippen molar-refractivity contribution in [3.05, 3.63) is 36.7 Å². The van der Waals surface area contributed by atoms with E-state index in [1.54, 1.807) is 4.68 Å². The van der Waals surface area contributed by atoms with Gasteiger partial charge < -0.3 is 10.5 Å². The second kappa shape index (κ2) is 5.75. The molecule has 21 heavy (non-hydrogen) atoms. The van der Waals surface area contributed by atoms with Crippen molar-refractivity contribution in [2.75, 3.05) is 12.8 Å². The van der Waals surface area contributed by atoms with E-state index in [0.29, 0.717) is 15.9 Å². The number of rotatable bonds is 4. The Morgan fingerprint density at radius 1 is 1.19 bits per heavy atom. The Morgan fingerprint density at radius 3 is 2.76 bits per heavy atom. The third-order valence-electron chi connectivity index (χ3n) is 2.63. The van der Waals surface area contributed by atoms with E-state index < -0.39 is 0 Å². The Bertz CT molecular complexity index is 746. The van der Waals surface area contributed by atoms with Crippen molar-refractivity contribution in [2.45, 2.75) is 10.2 Å². The Labute approximate surface area is 124 Å². The molecule has 0 amide bonds. The number of hydrogen-bond acceptors (Lipinski definition) is 8. The van der Waals surface area contributed by atoms with Crippen LogP contribution < -0.4 is 10.5 Å². The Balaban J connectivity index is 1.98. The Morgan fingerprint density at radius 2 is 2.00 bits per heavy atom. The van der Waals surface area contributed by atoms with Gasteiger partial charge in [0, 0.05) is 0 Å². The number of hydrogen-bond donors (Lipinski definition) is 1. The van der Waals surface area contributed by atoms with Gasteiger partial charge in [-0.15, -0.1) is 5.10 Å². The van der Waals surface area contributed by atoms with Gasteiger partial charge >= 0.3 is 0 Å². The van der Waals surface area contributed by atoms with Crippen LogP contribution in [-0.4, -0.2) is 37.3 Å². The van der Waals surface area contributed by atoms with Gasteiger partial charge in [0.25, 0.3) is 0 Å². The fourth-order valence-corrected chi connectivity index (χ4v) is 2.55. The largest absolute Gasteiger partial charge is 0.490 e. The number of aromatic nitrogens is 6. The number of anilines is 1. The first-order valence-corrected chi connectivity index (χ1v) is 6.77. The van der Waals surface area contributed by atoms with Crippen LogP contribution in [-0.2, 0) is 0 Å². The van der Waals surface area contributed by atoms with Gasteiger partial charge in [0.05, 0.1) is 12.8 Å². The van der Waals surface area contributed by atoms with Gasteiger partial charge in [0.1, 0.15) is 6.33 Å². The predicted octanol–water partition coefficient (Wildman–Crippen LogP) is 1.19. The molecule has 2 heterocycles. The number of nitrogens with two attached hydrogens (primary N) is 1. The van der Waals surface area contributed by atoms with E-state index in [4.69, 9.17) is 10.5 Å². The summed E-state index contributed by atoms with van der Waals surface area (Å²) in [6, 6.07) is 9.57. The van der Waals surface area contributed by atoms with Crippen LogP contribution in [0.2, 0.25) is 0 Å².